The van der Waals surface area contributed by atoms with Gasteiger partial charge in [0.25, 0.3) is 0 Å². The number of ether oxygens (including phenoxy) is 1. The van der Waals surface area contributed by atoms with Gasteiger partial charge in [-0.2, -0.15) is 0 Å². The lowest BCUT2D eigenvalue weighted by Gasteiger charge is -2.41. The fourth-order valence-electron chi connectivity index (χ4n) is 2.96. The number of rotatable bonds is 4. The van der Waals surface area contributed by atoms with Gasteiger partial charge in [-0.25, -0.2) is 0 Å². The Bertz CT molecular complexity index is 712. The van der Waals surface area contributed by atoms with Crippen LogP contribution in [0.2, 0.25) is 0 Å². The van der Waals surface area contributed by atoms with Crippen LogP contribution < -0.4 is 0 Å². The molecule has 130 valence electrons. The minimum absolute atomic E-state index is 0.103. The van der Waals surface area contributed by atoms with Crippen LogP contribution in [0.1, 0.15) is 54.4 Å². The molecule has 24 heavy (non-hydrogen) atoms. The molecule has 0 aromatic heterocycles. The summed E-state index contributed by atoms with van der Waals surface area (Å²) in [5.74, 6) is -0.522. The van der Waals surface area contributed by atoms with E-state index in [1.165, 1.54) is 0 Å². The number of allylic oxidation sites excluding steroid dienone is 5. The number of aliphatic hydroxyl groups excluding tert-OH is 1. The molecule has 2 aliphatic rings. The Balaban J connectivity index is 2.69. The molecule has 0 saturated carbocycles. The summed E-state index contributed by atoms with van der Waals surface area (Å²) in [5, 5.41) is 10.5. The summed E-state index contributed by atoms with van der Waals surface area (Å²) in [4.78, 5) is 25.4. The molecule has 1 N–H and O–H groups in total. The second-order valence-corrected chi connectivity index (χ2v) is 7.43. The number of hydrogen-bond acceptors (Lipinski definition) is 4. The highest BCUT2D eigenvalue weighted by Gasteiger charge is 2.50. The van der Waals surface area contributed by atoms with Gasteiger partial charge in [-0.15, -0.1) is 0 Å². The third-order valence-electron chi connectivity index (χ3n) is 4.50. The molecule has 2 rings (SSSR count). The van der Waals surface area contributed by atoms with Gasteiger partial charge in [-0.3, -0.25) is 9.59 Å². The van der Waals surface area contributed by atoms with Crippen LogP contribution in [-0.4, -0.2) is 22.3 Å². The van der Waals surface area contributed by atoms with Crippen LogP contribution in [0.15, 0.2) is 46.5 Å². The number of carbonyl (C=O) groups excluding carboxylic acids is 2. The third kappa shape index (κ3) is 2.97. The average Bonchev–Trinajstić information content (AvgIpc) is 2.50. The van der Waals surface area contributed by atoms with Crippen LogP contribution in [0.25, 0.3) is 0 Å². The second-order valence-electron chi connectivity index (χ2n) is 7.43. The summed E-state index contributed by atoms with van der Waals surface area (Å²) in [6.07, 6.45) is 6.14. The third-order valence-corrected chi connectivity index (χ3v) is 4.50. The van der Waals surface area contributed by atoms with Crippen LogP contribution in [0, 0.1) is 5.41 Å². The number of aliphatic hydroxyl groups is 1. The molecule has 0 spiro atoms. The molecule has 1 heterocycles. The number of Topliss-reactive ketones (excluding diaryl/α,β-unsaturated/α-hetero) is 2. The van der Waals surface area contributed by atoms with E-state index in [0.717, 1.165) is 5.57 Å². The maximum Gasteiger partial charge on any atom is 0.183 e. The van der Waals surface area contributed by atoms with E-state index in [1.54, 1.807) is 19.9 Å². The van der Waals surface area contributed by atoms with Crippen LogP contribution in [-0.2, 0) is 14.3 Å². The number of hydrogen-bond donors (Lipinski definition) is 1. The zero-order valence-corrected chi connectivity index (χ0v) is 15.3. The lowest BCUT2D eigenvalue weighted by Crippen LogP contribution is -2.42. The van der Waals surface area contributed by atoms with Crippen molar-refractivity contribution in [1.29, 1.82) is 0 Å². The summed E-state index contributed by atoms with van der Waals surface area (Å²) in [6.45, 7) is 11.2. The minimum atomic E-state index is -0.999. The van der Waals surface area contributed by atoms with Crippen molar-refractivity contribution < 1.29 is 19.4 Å². The van der Waals surface area contributed by atoms with Crippen molar-refractivity contribution in [2.45, 2.75) is 60.0 Å². The van der Waals surface area contributed by atoms with Gasteiger partial charge in [-0.05, 0) is 53.2 Å². The number of carbonyl (C=O) groups is 2. The SMILES string of the molecule is CCC(=O)C1=C(O)C2=C(OC(C)(C)C=C2)C(C)(CC=C(C)C)C1=O. The first-order valence-electron chi connectivity index (χ1n) is 8.31. The van der Waals surface area contributed by atoms with E-state index in [4.69, 9.17) is 4.74 Å². The first-order valence-corrected chi connectivity index (χ1v) is 8.31. The van der Waals surface area contributed by atoms with Gasteiger partial charge in [0.15, 0.2) is 11.6 Å². The molecule has 0 aromatic rings. The highest BCUT2D eigenvalue weighted by Crippen LogP contribution is 2.47. The largest absolute Gasteiger partial charge is 0.506 e. The van der Waals surface area contributed by atoms with Crippen LogP contribution in [0.3, 0.4) is 0 Å². The van der Waals surface area contributed by atoms with E-state index in [-0.39, 0.29) is 29.3 Å². The van der Waals surface area contributed by atoms with Gasteiger partial charge >= 0.3 is 0 Å². The molecule has 1 unspecified atom stereocenters. The van der Waals surface area contributed by atoms with Gasteiger partial charge in [0.05, 0.1) is 11.0 Å². The van der Waals surface area contributed by atoms with Crippen molar-refractivity contribution in [3.8, 4) is 0 Å². The zero-order chi connectivity index (χ0) is 18.3. The summed E-state index contributed by atoms with van der Waals surface area (Å²) < 4.78 is 6.07. The van der Waals surface area contributed by atoms with Crippen molar-refractivity contribution in [2.75, 3.05) is 0 Å². The van der Waals surface area contributed by atoms with Gasteiger partial charge in [0.2, 0.25) is 0 Å². The lowest BCUT2D eigenvalue weighted by molar-refractivity contribution is -0.129. The van der Waals surface area contributed by atoms with Crippen molar-refractivity contribution in [2.24, 2.45) is 5.41 Å². The summed E-state index contributed by atoms with van der Waals surface area (Å²) in [6, 6.07) is 0. The van der Waals surface area contributed by atoms with Crippen molar-refractivity contribution >= 4 is 11.6 Å². The first-order chi connectivity index (χ1) is 11.0. The molecule has 4 nitrogen and oxygen atoms in total. The molecule has 0 fully saturated rings. The van der Waals surface area contributed by atoms with Gasteiger partial charge in [0, 0.05) is 6.42 Å². The Hall–Kier alpha value is -2.10. The summed E-state index contributed by atoms with van der Waals surface area (Å²) >= 11 is 0. The Morgan fingerprint density at radius 2 is 1.92 bits per heavy atom. The molecule has 0 saturated heterocycles. The van der Waals surface area contributed by atoms with E-state index in [1.807, 2.05) is 39.8 Å². The van der Waals surface area contributed by atoms with E-state index >= 15 is 0 Å². The fraction of sp³-hybridized carbons (Fsp3) is 0.500. The van der Waals surface area contributed by atoms with Gasteiger partial charge < -0.3 is 9.84 Å². The maximum absolute atomic E-state index is 13.1. The summed E-state index contributed by atoms with van der Waals surface area (Å²) in [5.41, 5.74) is -0.151. The Labute approximate surface area is 143 Å². The molecule has 4 heteroatoms. The van der Waals surface area contributed by atoms with Gasteiger partial charge in [-0.1, -0.05) is 18.6 Å². The van der Waals surface area contributed by atoms with E-state index in [9.17, 15) is 14.7 Å². The Morgan fingerprint density at radius 1 is 1.29 bits per heavy atom. The first kappa shape index (κ1) is 18.2. The topological polar surface area (TPSA) is 63.6 Å². The zero-order valence-electron chi connectivity index (χ0n) is 15.3. The molecule has 0 amide bonds. The van der Waals surface area contributed by atoms with Crippen LogP contribution in [0.5, 0.6) is 0 Å². The minimum Gasteiger partial charge on any atom is -0.506 e. The Morgan fingerprint density at radius 3 is 2.46 bits per heavy atom. The van der Waals surface area contributed by atoms with Crippen molar-refractivity contribution in [3.63, 3.8) is 0 Å². The monoisotopic (exact) mass is 330 g/mol. The normalized spacial score (nSPS) is 25.3. The van der Waals surface area contributed by atoms with E-state index < -0.39 is 11.0 Å². The predicted octanol–water partition coefficient (Wildman–Crippen LogP) is 4.34. The molecule has 1 atom stereocenters. The van der Waals surface area contributed by atoms with Crippen LogP contribution in [0.4, 0.5) is 0 Å². The standard InChI is InChI=1S/C20H26O4/c1-7-14(21)15-16(22)13-9-10-19(4,5)24-18(13)20(6,17(15)23)11-8-12(2)3/h8-10,22H,7,11H2,1-6H3. The fourth-order valence-corrected chi connectivity index (χ4v) is 2.96. The van der Waals surface area contributed by atoms with E-state index in [0.29, 0.717) is 17.8 Å². The van der Waals surface area contributed by atoms with Crippen LogP contribution >= 0.6 is 0 Å². The average molecular weight is 330 g/mol. The summed E-state index contributed by atoms with van der Waals surface area (Å²) in [7, 11) is 0. The molecule has 0 radical (unpaired) electrons. The molecule has 1 aliphatic carbocycles. The van der Waals surface area contributed by atoms with Gasteiger partial charge in [0.1, 0.15) is 22.7 Å². The predicted molar refractivity (Wildman–Crippen MR) is 93.4 cm³/mol. The number of ketones is 2. The van der Waals surface area contributed by atoms with Crippen molar-refractivity contribution in [1.82, 2.24) is 0 Å². The molecule has 1 aliphatic heterocycles. The quantitative estimate of drug-likeness (QED) is 0.615. The maximum atomic E-state index is 13.1. The second kappa shape index (κ2) is 6.08. The lowest BCUT2D eigenvalue weighted by atomic mass is 9.69. The van der Waals surface area contributed by atoms with Crippen molar-refractivity contribution in [3.05, 3.63) is 46.5 Å². The Kier molecular flexibility index (Phi) is 4.62. The molecule has 0 bridgehead atoms. The highest BCUT2D eigenvalue weighted by molar-refractivity contribution is 6.24. The molecular weight excluding hydrogens is 304 g/mol. The smallest absolute Gasteiger partial charge is 0.183 e. The molecular formula is C20H26O4. The molecule has 0 aromatic carbocycles. The highest BCUT2D eigenvalue weighted by atomic mass is 16.5. The van der Waals surface area contributed by atoms with E-state index in [2.05, 4.69) is 0 Å².